The molecule has 0 bridgehead atoms. The van der Waals surface area contributed by atoms with Gasteiger partial charge in [0.05, 0.1) is 5.75 Å². The zero-order valence-corrected chi connectivity index (χ0v) is 16.8. The second kappa shape index (κ2) is 8.56. The summed E-state index contributed by atoms with van der Waals surface area (Å²) in [5.41, 5.74) is 0.483. The fraction of sp³-hybridized carbons (Fsp3) is 0.611. The SMILES string of the molecule is CC[C@H](C)N(Cc1cccc(OS(=O)(=O)CC)c1)C(=O)NC(C)(C)C. The van der Waals surface area contributed by atoms with E-state index in [1.54, 1.807) is 23.1 Å². The fourth-order valence-electron chi connectivity index (χ4n) is 2.14. The van der Waals surface area contributed by atoms with E-state index < -0.39 is 10.1 Å². The fourth-order valence-corrected chi connectivity index (χ4v) is 2.65. The molecule has 0 spiro atoms. The maximum Gasteiger partial charge on any atom is 0.318 e. The highest BCUT2D eigenvalue weighted by atomic mass is 32.2. The zero-order chi connectivity index (χ0) is 19.3. The Hall–Kier alpha value is -1.76. The summed E-state index contributed by atoms with van der Waals surface area (Å²) in [5, 5.41) is 2.98. The summed E-state index contributed by atoms with van der Waals surface area (Å²) in [6.07, 6.45) is 0.817. The summed E-state index contributed by atoms with van der Waals surface area (Å²) in [4.78, 5) is 14.4. The Labute approximate surface area is 151 Å². The van der Waals surface area contributed by atoms with Crippen LogP contribution in [0, 0.1) is 0 Å². The van der Waals surface area contributed by atoms with Gasteiger partial charge in [-0.25, -0.2) is 4.79 Å². The normalized spacial score (nSPS) is 13.2. The summed E-state index contributed by atoms with van der Waals surface area (Å²) in [5.74, 6) is 0.171. The van der Waals surface area contributed by atoms with Crippen molar-refractivity contribution in [3.05, 3.63) is 29.8 Å². The van der Waals surface area contributed by atoms with Gasteiger partial charge in [0.1, 0.15) is 5.75 Å². The highest BCUT2D eigenvalue weighted by Crippen LogP contribution is 2.19. The van der Waals surface area contributed by atoms with Crippen molar-refractivity contribution < 1.29 is 17.4 Å². The lowest BCUT2D eigenvalue weighted by molar-refractivity contribution is 0.165. The van der Waals surface area contributed by atoms with Crippen molar-refractivity contribution in [3.8, 4) is 5.75 Å². The van der Waals surface area contributed by atoms with Crippen LogP contribution in [0.25, 0.3) is 0 Å². The molecule has 142 valence electrons. The summed E-state index contributed by atoms with van der Waals surface area (Å²) in [7, 11) is -3.57. The van der Waals surface area contributed by atoms with Gasteiger partial charge in [0.25, 0.3) is 0 Å². The predicted molar refractivity (Wildman–Crippen MR) is 100 cm³/mol. The Morgan fingerprint density at radius 2 is 1.92 bits per heavy atom. The van der Waals surface area contributed by atoms with Crippen LogP contribution in [0.2, 0.25) is 0 Å². The molecule has 6 nitrogen and oxygen atoms in total. The van der Waals surface area contributed by atoms with Crippen molar-refractivity contribution in [2.75, 3.05) is 5.75 Å². The molecule has 1 N–H and O–H groups in total. The summed E-state index contributed by atoms with van der Waals surface area (Å²) < 4.78 is 28.3. The number of carbonyl (C=O) groups is 1. The highest BCUT2D eigenvalue weighted by Gasteiger charge is 2.23. The van der Waals surface area contributed by atoms with Crippen LogP contribution in [-0.4, -0.2) is 36.7 Å². The molecule has 1 rings (SSSR count). The van der Waals surface area contributed by atoms with Gasteiger partial charge in [0.15, 0.2) is 0 Å². The average Bonchev–Trinajstić information content (AvgIpc) is 2.50. The predicted octanol–water partition coefficient (Wildman–Crippen LogP) is 3.52. The molecule has 0 aliphatic carbocycles. The first-order valence-corrected chi connectivity index (χ1v) is 10.1. The zero-order valence-electron chi connectivity index (χ0n) is 16.0. The van der Waals surface area contributed by atoms with E-state index in [-0.39, 0.29) is 29.1 Å². The lowest BCUT2D eigenvalue weighted by Gasteiger charge is -2.32. The highest BCUT2D eigenvalue weighted by molar-refractivity contribution is 7.87. The van der Waals surface area contributed by atoms with E-state index in [2.05, 4.69) is 5.32 Å². The third-order valence-corrected chi connectivity index (χ3v) is 4.85. The van der Waals surface area contributed by atoms with Gasteiger partial charge in [-0.05, 0) is 58.7 Å². The number of nitrogens with zero attached hydrogens (tertiary/aromatic N) is 1. The maximum absolute atomic E-state index is 12.6. The van der Waals surface area contributed by atoms with Crippen molar-refractivity contribution >= 4 is 16.1 Å². The van der Waals surface area contributed by atoms with Gasteiger partial charge in [-0.2, -0.15) is 8.42 Å². The number of urea groups is 1. The van der Waals surface area contributed by atoms with Crippen molar-refractivity contribution in [1.82, 2.24) is 10.2 Å². The molecular weight excluding hydrogens is 340 g/mol. The van der Waals surface area contributed by atoms with E-state index in [0.717, 1.165) is 12.0 Å². The van der Waals surface area contributed by atoms with Crippen molar-refractivity contribution in [3.63, 3.8) is 0 Å². The van der Waals surface area contributed by atoms with Crippen LogP contribution in [0.15, 0.2) is 24.3 Å². The molecule has 1 aromatic carbocycles. The minimum absolute atomic E-state index is 0.0475. The molecule has 0 radical (unpaired) electrons. The summed E-state index contributed by atoms with van der Waals surface area (Å²) in [6, 6.07) is 6.74. The third-order valence-electron chi connectivity index (χ3n) is 3.69. The minimum Gasteiger partial charge on any atom is -0.382 e. The van der Waals surface area contributed by atoms with Crippen molar-refractivity contribution in [2.24, 2.45) is 0 Å². The van der Waals surface area contributed by atoms with Crippen LogP contribution in [0.1, 0.15) is 53.5 Å². The van der Waals surface area contributed by atoms with Crippen LogP contribution in [0.5, 0.6) is 5.75 Å². The largest absolute Gasteiger partial charge is 0.382 e. The van der Waals surface area contributed by atoms with Crippen LogP contribution in [0.3, 0.4) is 0 Å². The Bertz CT molecular complexity index is 681. The number of carbonyl (C=O) groups excluding carboxylic acids is 1. The van der Waals surface area contributed by atoms with E-state index in [1.807, 2.05) is 40.7 Å². The number of rotatable bonds is 7. The van der Waals surface area contributed by atoms with Crippen LogP contribution < -0.4 is 9.50 Å². The minimum atomic E-state index is -3.57. The smallest absolute Gasteiger partial charge is 0.318 e. The molecule has 0 aromatic heterocycles. The molecule has 7 heteroatoms. The Morgan fingerprint density at radius 3 is 2.44 bits per heavy atom. The monoisotopic (exact) mass is 370 g/mol. The van der Waals surface area contributed by atoms with Crippen molar-refractivity contribution in [2.45, 2.75) is 66.1 Å². The van der Waals surface area contributed by atoms with Gasteiger partial charge in [0, 0.05) is 18.1 Å². The molecule has 1 aromatic rings. The van der Waals surface area contributed by atoms with E-state index >= 15 is 0 Å². The van der Waals surface area contributed by atoms with E-state index in [1.165, 1.54) is 6.92 Å². The molecule has 0 saturated heterocycles. The molecule has 0 heterocycles. The number of benzene rings is 1. The summed E-state index contributed by atoms with van der Waals surface area (Å²) in [6.45, 7) is 11.7. The molecule has 0 aliphatic heterocycles. The van der Waals surface area contributed by atoms with Gasteiger partial charge in [-0.15, -0.1) is 0 Å². The van der Waals surface area contributed by atoms with Gasteiger partial charge in [-0.1, -0.05) is 19.1 Å². The first-order valence-electron chi connectivity index (χ1n) is 8.57. The number of hydrogen-bond acceptors (Lipinski definition) is 4. The standard InChI is InChI=1S/C18H30N2O4S/c1-7-14(3)20(17(21)19-18(4,5)6)13-15-10-9-11-16(12-15)24-25(22,23)8-2/h9-12,14H,7-8,13H2,1-6H3,(H,19,21)/t14-/m0/s1. The molecule has 0 saturated carbocycles. The molecule has 0 unspecified atom stereocenters. The molecule has 0 aliphatic rings. The number of nitrogens with one attached hydrogen (secondary N) is 1. The maximum atomic E-state index is 12.6. The number of hydrogen-bond donors (Lipinski definition) is 1. The van der Waals surface area contributed by atoms with Gasteiger partial charge >= 0.3 is 16.1 Å². The molecule has 1 atom stereocenters. The molecule has 0 fully saturated rings. The van der Waals surface area contributed by atoms with E-state index in [9.17, 15) is 13.2 Å². The third kappa shape index (κ3) is 7.34. The number of amides is 2. The second-order valence-corrected chi connectivity index (χ2v) is 9.00. The van der Waals surface area contributed by atoms with E-state index in [0.29, 0.717) is 6.54 Å². The van der Waals surface area contributed by atoms with Gasteiger partial charge in [0.2, 0.25) is 0 Å². The van der Waals surface area contributed by atoms with E-state index in [4.69, 9.17) is 4.18 Å². The lowest BCUT2D eigenvalue weighted by Crippen LogP contribution is -2.50. The topological polar surface area (TPSA) is 75.7 Å². The van der Waals surface area contributed by atoms with Crippen molar-refractivity contribution in [1.29, 1.82) is 0 Å². The average molecular weight is 371 g/mol. The Morgan fingerprint density at radius 1 is 1.28 bits per heavy atom. The van der Waals surface area contributed by atoms with Gasteiger partial charge < -0.3 is 14.4 Å². The lowest BCUT2D eigenvalue weighted by atomic mass is 10.1. The second-order valence-electron chi connectivity index (χ2n) is 7.14. The first-order chi connectivity index (χ1) is 11.5. The van der Waals surface area contributed by atoms with Crippen LogP contribution >= 0.6 is 0 Å². The Kier molecular flexibility index (Phi) is 7.29. The first kappa shape index (κ1) is 21.3. The summed E-state index contributed by atoms with van der Waals surface area (Å²) >= 11 is 0. The Balaban J connectivity index is 2.99. The quantitative estimate of drug-likeness (QED) is 0.745. The molecule has 25 heavy (non-hydrogen) atoms. The van der Waals surface area contributed by atoms with Crippen LogP contribution in [-0.2, 0) is 16.7 Å². The van der Waals surface area contributed by atoms with Crippen LogP contribution in [0.4, 0.5) is 4.79 Å². The van der Waals surface area contributed by atoms with Gasteiger partial charge in [-0.3, -0.25) is 0 Å². The molecule has 2 amide bonds. The molecular formula is C18H30N2O4S.